The van der Waals surface area contributed by atoms with Crippen molar-refractivity contribution in [3.05, 3.63) is 48.3 Å². The van der Waals surface area contributed by atoms with Crippen molar-refractivity contribution in [1.29, 1.82) is 0 Å². The summed E-state index contributed by atoms with van der Waals surface area (Å²) in [5.74, 6) is 0.114. The molecule has 1 atom stereocenters. The predicted octanol–water partition coefficient (Wildman–Crippen LogP) is 2.36. The first-order chi connectivity index (χ1) is 9.20. The van der Waals surface area contributed by atoms with Crippen molar-refractivity contribution in [3.8, 4) is 5.69 Å². The van der Waals surface area contributed by atoms with Gasteiger partial charge in [-0.25, -0.2) is 4.68 Å². The van der Waals surface area contributed by atoms with Gasteiger partial charge in [0.2, 0.25) is 5.91 Å². The SMILES string of the molecule is CC(CCl)C(=O)NCc1cnn(-c2ccccc2)c1. The van der Waals surface area contributed by atoms with Crippen molar-refractivity contribution < 1.29 is 4.79 Å². The van der Waals surface area contributed by atoms with Gasteiger partial charge in [-0.3, -0.25) is 4.79 Å². The average Bonchev–Trinajstić information content (AvgIpc) is 2.93. The lowest BCUT2D eigenvalue weighted by Gasteiger charge is -2.07. The number of carbonyl (C=O) groups excluding carboxylic acids is 1. The Bertz CT molecular complexity index is 539. The van der Waals surface area contributed by atoms with E-state index in [0.29, 0.717) is 12.4 Å². The summed E-state index contributed by atoms with van der Waals surface area (Å²) in [6, 6.07) is 9.83. The smallest absolute Gasteiger partial charge is 0.224 e. The van der Waals surface area contributed by atoms with Crippen LogP contribution in [0.15, 0.2) is 42.7 Å². The number of hydrogen-bond acceptors (Lipinski definition) is 2. The molecule has 1 unspecified atom stereocenters. The van der Waals surface area contributed by atoms with Crippen molar-refractivity contribution in [2.24, 2.45) is 5.92 Å². The summed E-state index contributed by atoms with van der Waals surface area (Å²) in [5.41, 5.74) is 1.95. The van der Waals surface area contributed by atoms with E-state index in [2.05, 4.69) is 10.4 Å². The molecular weight excluding hydrogens is 262 g/mol. The van der Waals surface area contributed by atoms with E-state index in [1.807, 2.05) is 36.5 Å². The topological polar surface area (TPSA) is 46.9 Å². The zero-order valence-electron chi connectivity index (χ0n) is 10.7. The highest BCUT2D eigenvalue weighted by Gasteiger charge is 2.11. The Hall–Kier alpha value is -1.81. The second-order valence-corrected chi connectivity index (χ2v) is 4.71. The van der Waals surface area contributed by atoms with E-state index >= 15 is 0 Å². The van der Waals surface area contributed by atoms with Crippen LogP contribution in [0.5, 0.6) is 0 Å². The van der Waals surface area contributed by atoms with Crippen molar-refractivity contribution in [2.75, 3.05) is 5.88 Å². The molecule has 100 valence electrons. The van der Waals surface area contributed by atoms with Crippen LogP contribution in [-0.4, -0.2) is 21.6 Å². The molecule has 0 radical (unpaired) electrons. The molecule has 1 aromatic carbocycles. The van der Waals surface area contributed by atoms with Crippen LogP contribution in [0, 0.1) is 5.92 Å². The fraction of sp³-hybridized carbons (Fsp3) is 0.286. The minimum Gasteiger partial charge on any atom is -0.352 e. The van der Waals surface area contributed by atoms with Crippen LogP contribution < -0.4 is 5.32 Å². The number of para-hydroxylation sites is 1. The van der Waals surface area contributed by atoms with Crippen LogP contribution in [0.3, 0.4) is 0 Å². The molecule has 0 spiro atoms. The number of rotatable bonds is 5. The zero-order chi connectivity index (χ0) is 13.7. The predicted molar refractivity (Wildman–Crippen MR) is 75.3 cm³/mol. The molecule has 0 aliphatic heterocycles. The zero-order valence-corrected chi connectivity index (χ0v) is 11.5. The van der Waals surface area contributed by atoms with Gasteiger partial charge >= 0.3 is 0 Å². The number of amides is 1. The molecule has 0 aliphatic rings. The van der Waals surface area contributed by atoms with Crippen LogP contribution in [-0.2, 0) is 11.3 Å². The van der Waals surface area contributed by atoms with Crippen LogP contribution >= 0.6 is 11.6 Å². The third-order valence-corrected chi connectivity index (χ3v) is 3.27. The summed E-state index contributed by atoms with van der Waals surface area (Å²) in [4.78, 5) is 11.6. The highest BCUT2D eigenvalue weighted by atomic mass is 35.5. The van der Waals surface area contributed by atoms with E-state index in [0.717, 1.165) is 11.3 Å². The standard InChI is InChI=1S/C14H16ClN3O/c1-11(7-15)14(19)16-8-12-9-17-18(10-12)13-5-3-2-4-6-13/h2-6,9-11H,7-8H2,1H3,(H,16,19). The monoisotopic (exact) mass is 277 g/mol. The summed E-state index contributed by atoms with van der Waals surface area (Å²) >= 11 is 5.64. The molecule has 1 amide bonds. The Morgan fingerprint density at radius 1 is 1.42 bits per heavy atom. The van der Waals surface area contributed by atoms with Gasteiger partial charge in [0.15, 0.2) is 0 Å². The van der Waals surface area contributed by atoms with Gasteiger partial charge < -0.3 is 5.32 Å². The van der Waals surface area contributed by atoms with Gasteiger partial charge in [-0.1, -0.05) is 25.1 Å². The fourth-order valence-corrected chi connectivity index (χ4v) is 1.75. The maximum atomic E-state index is 11.6. The van der Waals surface area contributed by atoms with Gasteiger partial charge in [0, 0.05) is 30.1 Å². The van der Waals surface area contributed by atoms with E-state index in [-0.39, 0.29) is 11.8 Å². The number of carbonyl (C=O) groups is 1. The maximum absolute atomic E-state index is 11.6. The van der Waals surface area contributed by atoms with Crippen molar-refractivity contribution in [2.45, 2.75) is 13.5 Å². The molecule has 0 saturated heterocycles. The lowest BCUT2D eigenvalue weighted by Crippen LogP contribution is -2.29. The highest BCUT2D eigenvalue weighted by Crippen LogP contribution is 2.07. The molecule has 0 bridgehead atoms. The quantitative estimate of drug-likeness (QED) is 0.853. The molecular formula is C14H16ClN3O. The van der Waals surface area contributed by atoms with Gasteiger partial charge in [-0.05, 0) is 12.1 Å². The fourth-order valence-electron chi connectivity index (χ4n) is 1.61. The molecule has 0 aliphatic carbocycles. The molecule has 0 fully saturated rings. The van der Waals surface area contributed by atoms with Crippen LogP contribution in [0.4, 0.5) is 0 Å². The number of benzene rings is 1. The number of halogens is 1. The Morgan fingerprint density at radius 2 is 2.16 bits per heavy atom. The Morgan fingerprint density at radius 3 is 2.84 bits per heavy atom. The molecule has 19 heavy (non-hydrogen) atoms. The van der Waals surface area contributed by atoms with Crippen LogP contribution in [0.25, 0.3) is 5.69 Å². The highest BCUT2D eigenvalue weighted by molar-refractivity contribution is 6.19. The maximum Gasteiger partial charge on any atom is 0.224 e. The van der Waals surface area contributed by atoms with E-state index in [1.165, 1.54) is 0 Å². The molecule has 2 aromatic rings. The Kier molecular flexibility index (Phi) is 4.58. The summed E-state index contributed by atoms with van der Waals surface area (Å²) < 4.78 is 1.78. The normalized spacial score (nSPS) is 12.1. The average molecular weight is 278 g/mol. The summed E-state index contributed by atoms with van der Waals surface area (Å²) in [5, 5.41) is 7.11. The van der Waals surface area contributed by atoms with Crippen molar-refractivity contribution in [1.82, 2.24) is 15.1 Å². The largest absolute Gasteiger partial charge is 0.352 e. The summed E-state index contributed by atoms with van der Waals surface area (Å²) in [6.07, 6.45) is 3.65. The number of alkyl halides is 1. The van der Waals surface area contributed by atoms with E-state index in [9.17, 15) is 4.79 Å². The molecule has 4 nitrogen and oxygen atoms in total. The molecule has 1 N–H and O–H groups in total. The van der Waals surface area contributed by atoms with Crippen LogP contribution in [0.2, 0.25) is 0 Å². The van der Waals surface area contributed by atoms with Gasteiger partial charge in [0.05, 0.1) is 11.9 Å². The summed E-state index contributed by atoms with van der Waals surface area (Å²) in [6.45, 7) is 2.27. The minimum absolute atomic E-state index is 0.0394. The van der Waals surface area contributed by atoms with Gasteiger partial charge in [0.25, 0.3) is 0 Å². The number of aromatic nitrogens is 2. The number of nitrogens with zero attached hydrogens (tertiary/aromatic N) is 2. The van der Waals surface area contributed by atoms with Crippen LogP contribution in [0.1, 0.15) is 12.5 Å². The second-order valence-electron chi connectivity index (χ2n) is 4.40. The van der Waals surface area contributed by atoms with E-state index < -0.39 is 0 Å². The first kappa shape index (κ1) is 13.6. The van der Waals surface area contributed by atoms with Gasteiger partial charge in [-0.15, -0.1) is 11.6 Å². The second kappa shape index (κ2) is 6.38. The first-order valence-electron chi connectivity index (χ1n) is 6.13. The third-order valence-electron chi connectivity index (χ3n) is 2.80. The molecule has 1 heterocycles. The van der Waals surface area contributed by atoms with Gasteiger partial charge in [-0.2, -0.15) is 5.10 Å². The number of nitrogens with one attached hydrogen (secondary N) is 1. The third kappa shape index (κ3) is 3.58. The van der Waals surface area contributed by atoms with Gasteiger partial charge in [0.1, 0.15) is 0 Å². The lowest BCUT2D eigenvalue weighted by atomic mass is 10.2. The Balaban J connectivity index is 1.97. The van der Waals surface area contributed by atoms with E-state index in [1.54, 1.807) is 17.8 Å². The minimum atomic E-state index is -0.175. The Labute approximate surface area is 117 Å². The lowest BCUT2D eigenvalue weighted by molar-refractivity contribution is -0.124. The number of hydrogen-bond donors (Lipinski definition) is 1. The van der Waals surface area contributed by atoms with Crippen molar-refractivity contribution >= 4 is 17.5 Å². The van der Waals surface area contributed by atoms with E-state index in [4.69, 9.17) is 11.6 Å². The molecule has 0 saturated carbocycles. The molecule has 2 rings (SSSR count). The molecule has 5 heteroatoms. The first-order valence-corrected chi connectivity index (χ1v) is 6.67. The van der Waals surface area contributed by atoms with Crippen molar-refractivity contribution in [3.63, 3.8) is 0 Å². The molecule has 1 aromatic heterocycles. The summed E-state index contributed by atoms with van der Waals surface area (Å²) in [7, 11) is 0.